The van der Waals surface area contributed by atoms with Gasteiger partial charge < -0.3 is 15.4 Å². The molecule has 1 aromatic rings. The van der Waals surface area contributed by atoms with E-state index in [9.17, 15) is 18.0 Å². The molecule has 9 heteroatoms. The third kappa shape index (κ3) is 3.85. The fourth-order valence-electron chi connectivity index (χ4n) is 2.62. The Bertz CT molecular complexity index is 702. The lowest BCUT2D eigenvalue weighted by molar-refractivity contribution is -0.138. The van der Waals surface area contributed by atoms with Gasteiger partial charge in [-0.15, -0.1) is 0 Å². The standard InChI is InChI=1S/C15H21N3O5S/c1-16-14(19)15(20)17-10-11-4-3-9-18(11)24(21,22)13-7-5-12(23-2)6-8-13/h5-8,11H,3-4,9-10H2,1-2H3,(H,16,19)(H,17,20). The Morgan fingerprint density at radius 2 is 1.92 bits per heavy atom. The monoisotopic (exact) mass is 355 g/mol. The number of carbonyl (C=O) groups is 2. The Morgan fingerprint density at radius 3 is 2.50 bits per heavy atom. The largest absolute Gasteiger partial charge is 0.497 e. The minimum absolute atomic E-state index is 0.0988. The molecule has 24 heavy (non-hydrogen) atoms. The predicted octanol–water partition coefficient (Wildman–Crippen LogP) is -0.289. The van der Waals surface area contributed by atoms with Gasteiger partial charge in [-0.3, -0.25) is 9.59 Å². The van der Waals surface area contributed by atoms with E-state index in [2.05, 4.69) is 10.6 Å². The molecule has 132 valence electrons. The van der Waals surface area contributed by atoms with Gasteiger partial charge in [0, 0.05) is 26.2 Å². The Balaban J connectivity index is 2.10. The first-order chi connectivity index (χ1) is 11.4. The van der Waals surface area contributed by atoms with Gasteiger partial charge in [-0.1, -0.05) is 0 Å². The molecule has 1 unspecified atom stereocenters. The molecule has 1 saturated heterocycles. The minimum atomic E-state index is -3.66. The van der Waals surface area contributed by atoms with Crippen LogP contribution in [0.2, 0.25) is 0 Å². The van der Waals surface area contributed by atoms with Crippen LogP contribution >= 0.6 is 0 Å². The van der Waals surface area contributed by atoms with E-state index < -0.39 is 21.8 Å². The van der Waals surface area contributed by atoms with E-state index in [0.717, 1.165) is 0 Å². The van der Waals surface area contributed by atoms with Crippen molar-refractivity contribution in [3.05, 3.63) is 24.3 Å². The lowest BCUT2D eigenvalue weighted by Gasteiger charge is -2.24. The fraction of sp³-hybridized carbons (Fsp3) is 0.467. The summed E-state index contributed by atoms with van der Waals surface area (Å²) < 4.78 is 32.0. The number of nitrogens with one attached hydrogen (secondary N) is 2. The Labute approximate surface area is 141 Å². The summed E-state index contributed by atoms with van der Waals surface area (Å²) in [6, 6.07) is 5.79. The smallest absolute Gasteiger partial charge is 0.309 e. The topological polar surface area (TPSA) is 105 Å². The van der Waals surface area contributed by atoms with Crippen LogP contribution in [0.4, 0.5) is 0 Å². The van der Waals surface area contributed by atoms with Gasteiger partial charge >= 0.3 is 11.8 Å². The molecule has 0 aliphatic carbocycles. The van der Waals surface area contributed by atoms with Crippen LogP contribution in [0.5, 0.6) is 5.75 Å². The summed E-state index contributed by atoms with van der Waals surface area (Å²) in [5.41, 5.74) is 0. The highest BCUT2D eigenvalue weighted by atomic mass is 32.2. The number of rotatable bonds is 5. The number of sulfonamides is 1. The summed E-state index contributed by atoms with van der Waals surface area (Å²) in [6.07, 6.45) is 1.33. The first-order valence-electron chi connectivity index (χ1n) is 7.56. The van der Waals surface area contributed by atoms with Crippen LogP contribution in [0, 0.1) is 0 Å². The van der Waals surface area contributed by atoms with Gasteiger partial charge in [0.25, 0.3) is 0 Å². The lowest BCUT2D eigenvalue weighted by Crippen LogP contribution is -2.46. The zero-order valence-corrected chi connectivity index (χ0v) is 14.4. The molecule has 2 amide bonds. The highest BCUT2D eigenvalue weighted by Gasteiger charge is 2.35. The second-order valence-corrected chi connectivity index (χ2v) is 7.27. The second-order valence-electron chi connectivity index (χ2n) is 5.38. The molecule has 1 aromatic carbocycles. The van der Waals surface area contributed by atoms with Gasteiger partial charge in [0.1, 0.15) is 5.75 Å². The van der Waals surface area contributed by atoms with Crippen LogP contribution < -0.4 is 15.4 Å². The van der Waals surface area contributed by atoms with E-state index in [1.807, 2.05) is 0 Å². The Morgan fingerprint density at radius 1 is 1.25 bits per heavy atom. The van der Waals surface area contributed by atoms with Gasteiger partial charge in [0.15, 0.2) is 0 Å². The number of amides is 2. The van der Waals surface area contributed by atoms with Crippen LogP contribution in [0.3, 0.4) is 0 Å². The number of hydrogen-bond acceptors (Lipinski definition) is 5. The zero-order chi connectivity index (χ0) is 17.7. The second kappa shape index (κ2) is 7.63. The van der Waals surface area contributed by atoms with Crippen molar-refractivity contribution in [1.82, 2.24) is 14.9 Å². The lowest BCUT2D eigenvalue weighted by atomic mass is 10.2. The average molecular weight is 355 g/mol. The zero-order valence-electron chi connectivity index (χ0n) is 13.6. The van der Waals surface area contributed by atoms with E-state index in [4.69, 9.17) is 4.74 Å². The van der Waals surface area contributed by atoms with Crippen molar-refractivity contribution in [1.29, 1.82) is 0 Å². The molecule has 8 nitrogen and oxygen atoms in total. The molecule has 1 aliphatic heterocycles. The number of methoxy groups -OCH3 is 1. The maximum absolute atomic E-state index is 12.8. The number of ether oxygens (including phenoxy) is 1. The first kappa shape index (κ1) is 18.2. The van der Waals surface area contributed by atoms with Crippen molar-refractivity contribution in [3.8, 4) is 5.75 Å². The van der Waals surface area contributed by atoms with Gasteiger partial charge in [-0.05, 0) is 37.1 Å². The fourth-order valence-corrected chi connectivity index (χ4v) is 4.31. The Kier molecular flexibility index (Phi) is 5.79. The van der Waals surface area contributed by atoms with Gasteiger partial charge in [-0.2, -0.15) is 4.31 Å². The molecular formula is C15H21N3O5S. The number of carbonyl (C=O) groups excluding carboxylic acids is 2. The predicted molar refractivity (Wildman–Crippen MR) is 87.0 cm³/mol. The van der Waals surface area contributed by atoms with Crippen LogP contribution in [0.15, 0.2) is 29.2 Å². The molecule has 2 rings (SSSR count). The number of nitrogens with zero attached hydrogens (tertiary/aromatic N) is 1. The number of hydrogen-bond donors (Lipinski definition) is 2. The maximum atomic E-state index is 12.8. The van der Waals surface area contributed by atoms with Crippen LogP contribution in [-0.2, 0) is 19.6 Å². The van der Waals surface area contributed by atoms with E-state index in [1.54, 1.807) is 12.1 Å². The highest BCUT2D eigenvalue weighted by molar-refractivity contribution is 7.89. The van der Waals surface area contributed by atoms with E-state index >= 15 is 0 Å². The third-order valence-electron chi connectivity index (χ3n) is 3.92. The normalized spacial score (nSPS) is 18.2. The molecule has 1 heterocycles. The summed E-state index contributed by atoms with van der Waals surface area (Å²) in [4.78, 5) is 22.9. The van der Waals surface area contributed by atoms with Crippen molar-refractivity contribution >= 4 is 21.8 Å². The average Bonchev–Trinajstić information content (AvgIpc) is 3.08. The molecule has 0 saturated carbocycles. The quantitative estimate of drug-likeness (QED) is 0.706. The van der Waals surface area contributed by atoms with Crippen molar-refractivity contribution < 1.29 is 22.7 Å². The maximum Gasteiger partial charge on any atom is 0.309 e. The first-order valence-corrected chi connectivity index (χ1v) is 9.00. The van der Waals surface area contributed by atoms with Gasteiger partial charge in [0.2, 0.25) is 10.0 Å². The molecule has 2 N–H and O–H groups in total. The van der Waals surface area contributed by atoms with Gasteiger partial charge in [0.05, 0.1) is 12.0 Å². The van der Waals surface area contributed by atoms with E-state index in [-0.39, 0.29) is 17.5 Å². The van der Waals surface area contributed by atoms with Crippen molar-refractivity contribution in [2.75, 3.05) is 27.2 Å². The van der Waals surface area contributed by atoms with Crippen LogP contribution in [0.25, 0.3) is 0 Å². The minimum Gasteiger partial charge on any atom is -0.497 e. The molecule has 0 aromatic heterocycles. The summed E-state index contributed by atoms with van der Waals surface area (Å²) in [7, 11) is -0.793. The molecular weight excluding hydrogens is 334 g/mol. The molecule has 0 bridgehead atoms. The van der Waals surface area contributed by atoms with E-state index in [1.165, 1.54) is 30.6 Å². The molecule has 1 atom stereocenters. The highest BCUT2D eigenvalue weighted by Crippen LogP contribution is 2.26. The van der Waals surface area contributed by atoms with Gasteiger partial charge in [-0.25, -0.2) is 8.42 Å². The van der Waals surface area contributed by atoms with E-state index in [0.29, 0.717) is 25.1 Å². The third-order valence-corrected chi connectivity index (χ3v) is 5.89. The van der Waals surface area contributed by atoms with Crippen molar-refractivity contribution in [2.45, 2.75) is 23.8 Å². The Hall–Kier alpha value is -2.13. The van der Waals surface area contributed by atoms with Crippen molar-refractivity contribution in [3.63, 3.8) is 0 Å². The molecule has 1 aliphatic rings. The van der Waals surface area contributed by atoms with Crippen molar-refractivity contribution in [2.24, 2.45) is 0 Å². The number of benzene rings is 1. The SMILES string of the molecule is CNC(=O)C(=O)NCC1CCCN1S(=O)(=O)c1ccc(OC)cc1. The molecule has 1 fully saturated rings. The number of likely N-dealkylation sites (N-methyl/N-ethyl adjacent to an activating group) is 1. The molecule has 0 radical (unpaired) electrons. The van der Waals surface area contributed by atoms with Crippen LogP contribution in [-0.4, -0.2) is 57.8 Å². The summed E-state index contributed by atoms with van der Waals surface area (Å²) in [5.74, 6) is -0.950. The summed E-state index contributed by atoms with van der Waals surface area (Å²) >= 11 is 0. The molecule has 0 spiro atoms. The summed E-state index contributed by atoms with van der Waals surface area (Å²) in [5, 5.41) is 4.69. The summed E-state index contributed by atoms with van der Waals surface area (Å²) in [6.45, 7) is 0.483. The van der Waals surface area contributed by atoms with Crippen LogP contribution in [0.1, 0.15) is 12.8 Å².